The van der Waals surface area contributed by atoms with E-state index in [1.807, 2.05) is 27.9 Å². The Labute approximate surface area is 289 Å². The smallest absolute Gasteiger partial charge is 0.410 e. The van der Waals surface area contributed by atoms with Crippen molar-refractivity contribution in [1.29, 1.82) is 0 Å². The summed E-state index contributed by atoms with van der Waals surface area (Å²) >= 11 is 0. The van der Waals surface area contributed by atoms with Gasteiger partial charge in [0.15, 0.2) is 0 Å². The number of carbonyl (C=O) groups is 2. The minimum absolute atomic E-state index is 0.0433. The van der Waals surface area contributed by atoms with Crippen LogP contribution >= 0.6 is 0 Å². The number of aliphatic hydroxyl groups excluding tert-OH is 1. The third kappa shape index (κ3) is 6.68. The first-order chi connectivity index (χ1) is 23.6. The number of nitrogens with zero attached hydrogens (tertiary/aromatic N) is 5. The highest BCUT2D eigenvalue weighted by atomic mass is 16.6. The zero-order chi connectivity index (χ0) is 34.3. The van der Waals surface area contributed by atoms with Crippen molar-refractivity contribution >= 4 is 17.8 Å². The number of pyridine rings is 1. The molecule has 2 amide bonds. The Morgan fingerprint density at radius 2 is 1.73 bits per heavy atom. The second-order valence-corrected chi connectivity index (χ2v) is 15.6. The van der Waals surface area contributed by atoms with Gasteiger partial charge in [-0.15, -0.1) is 0 Å². The summed E-state index contributed by atoms with van der Waals surface area (Å²) < 4.78 is 13.2. The molecule has 2 bridgehead atoms. The van der Waals surface area contributed by atoms with Gasteiger partial charge in [-0.05, 0) is 117 Å². The van der Waals surface area contributed by atoms with Crippen molar-refractivity contribution in [3.8, 4) is 11.4 Å². The van der Waals surface area contributed by atoms with Crippen molar-refractivity contribution in [2.24, 2.45) is 11.3 Å². The number of aromatic nitrogens is 3. The molecule has 3 aromatic rings. The van der Waals surface area contributed by atoms with Gasteiger partial charge < -0.3 is 19.5 Å². The molecule has 10 nitrogen and oxygen atoms in total. The van der Waals surface area contributed by atoms with Crippen LogP contribution in [0.4, 0.5) is 10.6 Å². The first kappa shape index (κ1) is 33.6. The summed E-state index contributed by atoms with van der Waals surface area (Å²) in [4.78, 5) is 35.4. The molecule has 5 aliphatic rings. The molecule has 10 heteroatoms. The number of methoxy groups -OCH3 is 1. The predicted octanol–water partition coefficient (Wildman–Crippen LogP) is 6.70. The number of amides is 2. The molecule has 262 valence electrons. The summed E-state index contributed by atoms with van der Waals surface area (Å²) in [5, 5.41) is 14.2. The van der Waals surface area contributed by atoms with E-state index in [0.29, 0.717) is 57.1 Å². The summed E-state index contributed by atoms with van der Waals surface area (Å²) in [5.74, 6) is 1.94. The van der Waals surface area contributed by atoms with E-state index in [4.69, 9.17) is 14.5 Å². The second kappa shape index (κ2) is 13.4. The molecule has 1 N–H and O–H groups in total. The Hall–Kier alpha value is -3.92. The van der Waals surface area contributed by atoms with Crippen molar-refractivity contribution < 1.29 is 24.2 Å². The van der Waals surface area contributed by atoms with Crippen LogP contribution in [0, 0.1) is 18.3 Å². The molecule has 1 aromatic carbocycles. The number of carbonyl (C=O) groups excluding carboxylic acids is 2. The van der Waals surface area contributed by atoms with E-state index in [-0.39, 0.29) is 34.9 Å². The highest BCUT2D eigenvalue weighted by Gasteiger charge is 2.51. The Kier molecular flexibility index (Phi) is 9.19. The molecule has 0 unspecified atom stereocenters. The van der Waals surface area contributed by atoms with Crippen molar-refractivity contribution in [2.75, 3.05) is 31.6 Å². The van der Waals surface area contributed by atoms with E-state index in [2.05, 4.69) is 50.3 Å². The highest BCUT2D eigenvalue weighted by molar-refractivity contribution is 5.94. The lowest BCUT2D eigenvalue weighted by molar-refractivity contribution is -0.124. The molecule has 4 aliphatic carbocycles. The van der Waals surface area contributed by atoms with E-state index in [1.165, 1.54) is 16.0 Å². The zero-order valence-electron chi connectivity index (χ0n) is 29.4. The maximum Gasteiger partial charge on any atom is 0.410 e. The molecule has 3 heterocycles. The number of aliphatic hydroxyl groups is 1. The standard InChI is InChI=1S/C39H51N5O5/c1-26(2)29-21-41-44(22-29)31-11-18-40-35(20-31)43(36(46)28-5-8-33(9-6-28)49-37(47)42-23-32(45)24-42)25-38-12-15-39(16-13-38,17-14-38)30-7-10-34(48-4)27(3)19-30/h7,10-11,18-22,26,28,32-33,45H,5-6,8-9,12-17,23-25H2,1-4H3. The molecule has 8 rings (SSSR count). The number of fused-ring (bicyclic) bond motifs is 3. The monoisotopic (exact) mass is 669 g/mol. The summed E-state index contributed by atoms with van der Waals surface area (Å²) in [5.41, 5.74) is 4.88. The van der Waals surface area contributed by atoms with Gasteiger partial charge in [0, 0.05) is 30.9 Å². The number of aryl methyl sites for hydroxylation is 1. The summed E-state index contributed by atoms with van der Waals surface area (Å²) in [6, 6.07) is 10.7. The Morgan fingerprint density at radius 1 is 1.02 bits per heavy atom. The zero-order valence-corrected chi connectivity index (χ0v) is 29.4. The summed E-state index contributed by atoms with van der Waals surface area (Å²) in [6.07, 6.45) is 13.9. The third-order valence-corrected chi connectivity index (χ3v) is 12.1. The van der Waals surface area contributed by atoms with Gasteiger partial charge in [0.25, 0.3) is 0 Å². The van der Waals surface area contributed by atoms with Gasteiger partial charge in [-0.1, -0.05) is 26.0 Å². The van der Waals surface area contributed by atoms with Crippen LogP contribution in [0.3, 0.4) is 0 Å². The Bertz CT molecular complexity index is 1650. The third-order valence-electron chi connectivity index (χ3n) is 12.1. The maximum absolute atomic E-state index is 14.6. The van der Waals surface area contributed by atoms with Gasteiger partial charge in [-0.25, -0.2) is 14.5 Å². The first-order valence-corrected chi connectivity index (χ1v) is 18.2. The average Bonchev–Trinajstić information content (AvgIpc) is 3.61. The van der Waals surface area contributed by atoms with Gasteiger partial charge in [0.2, 0.25) is 5.91 Å². The van der Waals surface area contributed by atoms with Gasteiger partial charge in [0.1, 0.15) is 17.7 Å². The number of β-amino-alcohol motifs (C(OH)–C–C–N with tert-alkyl or cyclic N) is 1. The van der Waals surface area contributed by atoms with Crippen molar-refractivity contribution in [3.63, 3.8) is 0 Å². The molecule has 5 fully saturated rings. The highest BCUT2D eigenvalue weighted by Crippen LogP contribution is 2.58. The molecule has 0 radical (unpaired) electrons. The van der Waals surface area contributed by atoms with E-state index in [0.717, 1.165) is 55.5 Å². The van der Waals surface area contributed by atoms with Crippen LogP contribution in [0.15, 0.2) is 48.9 Å². The second-order valence-electron chi connectivity index (χ2n) is 15.6. The van der Waals surface area contributed by atoms with Gasteiger partial charge in [-0.2, -0.15) is 5.10 Å². The molecule has 2 aromatic heterocycles. The minimum atomic E-state index is -0.458. The lowest BCUT2D eigenvalue weighted by atomic mass is 9.51. The Balaban J connectivity index is 1.10. The number of anilines is 1. The Morgan fingerprint density at radius 3 is 2.35 bits per heavy atom. The minimum Gasteiger partial charge on any atom is -0.496 e. The van der Waals surface area contributed by atoms with Crippen LogP contribution in [0.5, 0.6) is 5.75 Å². The molecule has 1 saturated heterocycles. The maximum atomic E-state index is 14.6. The lowest BCUT2D eigenvalue weighted by Gasteiger charge is -2.55. The average molecular weight is 670 g/mol. The van der Waals surface area contributed by atoms with Crippen LogP contribution in [-0.4, -0.2) is 75.7 Å². The van der Waals surface area contributed by atoms with Crippen LogP contribution < -0.4 is 9.64 Å². The fourth-order valence-electron chi connectivity index (χ4n) is 8.69. The van der Waals surface area contributed by atoms with Crippen molar-refractivity contribution in [3.05, 3.63) is 65.6 Å². The van der Waals surface area contributed by atoms with E-state index in [9.17, 15) is 14.7 Å². The first-order valence-electron chi connectivity index (χ1n) is 18.2. The van der Waals surface area contributed by atoms with Crippen LogP contribution in [0.25, 0.3) is 5.69 Å². The van der Waals surface area contributed by atoms with Crippen LogP contribution in [0.2, 0.25) is 0 Å². The quantitative estimate of drug-likeness (QED) is 0.270. The SMILES string of the molecule is COc1ccc(C23CCC(CN(C(=O)C4CCC(OC(=O)N5CC(O)C5)CC4)c4cc(-n5cc(C(C)C)cn5)ccn4)(CC2)CC3)cc1C. The summed E-state index contributed by atoms with van der Waals surface area (Å²) in [7, 11) is 1.73. The lowest BCUT2D eigenvalue weighted by Crippen LogP contribution is -2.54. The number of hydrogen-bond donors (Lipinski definition) is 1. The van der Waals surface area contributed by atoms with Crippen LogP contribution in [0.1, 0.15) is 101 Å². The molecule has 49 heavy (non-hydrogen) atoms. The van der Waals surface area contributed by atoms with E-state index < -0.39 is 6.10 Å². The van der Waals surface area contributed by atoms with Gasteiger partial charge >= 0.3 is 6.09 Å². The van der Waals surface area contributed by atoms with E-state index in [1.54, 1.807) is 13.3 Å². The molecular formula is C39H51N5O5. The number of hydrogen-bond acceptors (Lipinski definition) is 7. The molecule has 0 atom stereocenters. The van der Waals surface area contributed by atoms with Crippen molar-refractivity contribution in [2.45, 2.75) is 109 Å². The fourth-order valence-corrected chi connectivity index (χ4v) is 8.69. The van der Waals surface area contributed by atoms with E-state index >= 15 is 0 Å². The number of rotatable bonds is 9. The molecule has 0 spiro atoms. The number of ether oxygens (including phenoxy) is 2. The topological polar surface area (TPSA) is 110 Å². The summed E-state index contributed by atoms with van der Waals surface area (Å²) in [6.45, 7) is 7.75. The van der Waals surface area contributed by atoms with Gasteiger partial charge in [0.05, 0.1) is 38.2 Å². The fraction of sp³-hybridized carbons (Fsp3) is 0.590. The number of likely N-dealkylation sites (tertiary alicyclic amines) is 1. The normalized spacial score (nSPS) is 26.8. The van der Waals surface area contributed by atoms with Gasteiger partial charge in [-0.3, -0.25) is 9.69 Å². The van der Waals surface area contributed by atoms with Crippen molar-refractivity contribution in [1.82, 2.24) is 19.7 Å². The number of benzene rings is 1. The molecular weight excluding hydrogens is 618 g/mol. The largest absolute Gasteiger partial charge is 0.496 e. The molecule has 4 saturated carbocycles. The molecule has 1 aliphatic heterocycles. The van der Waals surface area contributed by atoms with Crippen LogP contribution in [-0.2, 0) is 14.9 Å². The predicted molar refractivity (Wildman–Crippen MR) is 187 cm³/mol.